The summed E-state index contributed by atoms with van der Waals surface area (Å²) < 4.78 is 6.19. The molecule has 21 heavy (non-hydrogen) atoms. The Kier molecular flexibility index (Phi) is 4.97. The SMILES string of the molecule is CCC(C)c1ccccc1Oc1c(C)cccc1C(N)=S. The molecule has 2 aromatic rings. The Morgan fingerprint density at radius 2 is 1.90 bits per heavy atom. The maximum atomic E-state index is 6.19. The number of rotatable bonds is 5. The molecule has 2 rings (SSSR count). The van der Waals surface area contributed by atoms with E-state index in [-0.39, 0.29) is 0 Å². The quantitative estimate of drug-likeness (QED) is 0.795. The lowest BCUT2D eigenvalue weighted by Crippen LogP contribution is -2.11. The highest BCUT2D eigenvalue weighted by atomic mass is 32.1. The maximum absolute atomic E-state index is 6.19. The summed E-state index contributed by atoms with van der Waals surface area (Å²) in [5, 5.41) is 0. The van der Waals surface area contributed by atoms with Crippen LogP contribution in [0.15, 0.2) is 42.5 Å². The van der Waals surface area contributed by atoms with Gasteiger partial charge in [0.1, 0.15) is 16.5 Å². The molecule has 0 aliphatic carbocycles. The van der Waals surface area contributed by atoms with Gasteiger partial charge in [0.25, 0.3) is 0 Å². The highest BCUT2D eigenvalue weighted by Gasteiger charge is 2.14. The van der Waals surface area contributed by atoms with Crippen LogP contribution < -0.4 is 10.5 Å². The van der Waals surface area contributed by atoms with Gasteiger partial charge < -0.3 is 10.5 Å². The second-order valence-electron chi connectivity index (χ2n) is 5.27. The summed E-state index contributed by atoms with van der Waals surface area (Å²) in [6.45, 7) is 6.38. The Morgan fingerprint density at radius 1 is 1.19 bits per heavy atom. The van der Waals surface area contributed by atoms with Crippen molar-refractivity contribution in [1.29, 1.82) is 0 Å². The van der Waals surface area contributed by atoms with E-state index in [1.165, 1.54) is 5.56 Å². The molecular formula is C18H21NOS. The lowest BCUT2D eigenvalue weighted by atomic mass is 9.98. The minimum atomic E-state index is 0.356. The third-order valence-corrected chi connectivity index (χ3v) is 3.97. The molecule has 0 amide bonds. The van der Waals surface area contributed by atoms with Gasteiger partial charge in [0.15, 0.2) is 0 Å². The Morgan fingerprint density at radius 3 is 2.57 bits per heavy atom. The van der Waals surface area contributed by atoms with Gasteiger partial charge in [-0.15, -0.1) is 0 Å². The molecule has 2 N–H and O–H groups in total. The van der Waals surface area contributed by atoms with Crippen LogP contribution in [0.2, 0.25) is 0 Å². The lowest BCUT2D eigenvalue weighted by molar-refractivity contribution is 0.466. The van der Waals surface area contributed by atoms with Gasteiger partial charge in [0.05, 0.1) is 5.56 Å². The van der Waals surface area contributed by atoms with Gasteiger partial charge in [0.2, 0.25) is 0 Å². The van der Waals surface area contributed by atoms with Crippen molar-refractivity contribution in [3.05, 3.63) is 59.2 Å². The standard InChI is InChI=1S/C18H21NOS/c1-4-12(2)14-9-5-6-11-16(14)20-17-13(3)8-7-10-15(17)18(19)21/h5-12H,4H2,1-3H3,(H2,19,21). The fourth-order valence-electron chi connectivity index (χ4n) is 2.29. The first-order valence-electron chi connectivity index (χ1n) is 7.20. The number of nitrogens with two attached hydrogens (primary N) is 1. The summed E-state index contributed by atoms with van der Waals surface area (Å²) in [5.41, 5.74) is 8.83. The Labute approximate surface area is 131 Å². The zero-order chi connectivity index (χ0) is 15.4. The summed E-state index contributed by atoms with van der Waals surface area (Å²) in [6, 6.07) is 14.0. The van der Waals surface area contributed by atoms with Crippen molar-refractivity contribution >= 4 is 17.2 Å². The molecule has 1 atom stereocenters. The maximum Gasteiger partial charge on any atom is 0.140 e. The molecule has 1 unspecified atom stereocenters. The van der Waals surface area contributed by atoms with Crippen LogP contribution in [0, 0.1) is 6.92 Å². The fourth-order valence-corrected chi connectivity index (χ4v) is 2.45. The van der Waals surface area contributed by atoms with Crippen molar-refractivity contribution in [2.24, 2.45) is 5.73 Å². The minimum Gasteiger partial charge on any atom is -0.456 e. The molecule has 0 aliphatic rings. The van der Waals surface area contributed by atoms with Crippen LogP contribution in [0.1, 0.15) is 42.9 Å². The molecule has 0 bridgehead atoms. The first-order chi connectivity index (χ1) is 10.0. The van der Waals surface area contributed by atoms with Crippen LogP contribution in [-0.2, 0) is 0 Å². The van der Waals surface area contributed by atoms with Crippen molar-refractivity contribution < 1.29 is 4.74 Å². The van der Waals surface area contributed by atoms with Crippen LogP contribution in [0.5, 0.6) is 11.5 Å². The smallest absolute Gasteiger partial charge is 0.140 e. The topological polar surface area (TPSA) is 35.2 Å². The Bertz CT molecular complexity index is 651. The second-order valence-corrected chi connectivity index (χ2v) is 5.70. The van der Waals surface area contributed by atoms with E-state index in [0.29, 0.717) is 10.9 Å². The third kappa shape index (κ3) is 3.42. The van der Waals surface area contributed by atoms with E-state index in [0.717, 1.165) is 29.0 Å². The average molecular weight is 299 g/mol. The molecule has 3 heteroatoms. The number of aryl methyl sites for hydroxylation is 1. The minimum absolute atomic E-state index is 0.356. The van der Waals surface area contributed by atoms with Crippen LogP contribution in [0.4, 0.5) is 0 Å². The number of hydrogen-bond donors (Lipinski definition) is 1. The van der Waals surface area contributed by atoms with Gasteiger partial charge in [-0.25, -0.2) is 0 Å². The number of benzene rings is 2. The van der Waals surface area contributed by atoms with E-state index in [1.807, 2.05) is 43.3 Å². The molecule has 0 spiro atoms. The molecule has 0 heterocycles. The van der Waals surface area contributed by atoms with Crippen molar-refractivity contribution in [1.82, 2.24) is 0 Å². The molecule has 0 saturated heterocycles. The predicted molar refractivity (Wildman–Crippen MR) is 92.3 cm³/mol. The highest BCUT2D eigenvalue weighted by molar-refractivity contribution is 7.80. The molecular weight excluding hydrogens is 278 g/mol. The summed E-state index contributed by atoms with van der Waals surface area (Å²) in [5.74, 6) is 2.07. The van der Waals surface area contributed by atoms with Gasteiger partial charge >= 0.3 is 0 Å². The molecule has 0 aliphatic heterocycles. The molecule has 0 saturated carbocycles. The van der Waals surface area contributed by atoms with Crippen molar-refractivity contribution in [2.45, 2.75) is 33.1 Å². The summed E-state index contributed by atoms with van der Waals surface area (Å²) >= 11 is 5.13. The number of ether oxygens (including phenoxy) is 1. The van der Waals surface area contributed by atoms with Crippen molar-refractivity contribution in [3.8, 4) is 11.5 Å². The second kappa shape index (κ2) is 6.72. The van der Waals surface area contributed by atoms with Crippen LogP contribution in [0.3, 0.4) is 0 Å². The molecule has 2 aromatic carbocycles. The fraction of sp³-hybridized carbons (Fsp3) is 0.278. The molecule has 2 nitrogen and oxygen atoms in total. The van der Waals surface area contributed by atoms with Gasteiger partial charge in [-0.3, -0.25) is 0 Å². The monoisotopic (exact) mass is 299 g/mol. The largest absolute Gasteiger partial charge is 0.456 e. The first-order valence-corrected chi connectivity index (χ1v) is 7.61. The van der Waals surface area contributed by atoms with Crippen LogP contribution in [0.25, 0.3) is 0 Å². The van der Waals surface area contributed by atoms with Crippen molar-refractivity contribution in [3.63, 3.8) is 0 Å². The molecule has 0 aromatic heterocycles. The van der Waals surface area contributed by atoms with E-state index in [9.17, 15) is 0 Å². The average Bonchev–Trinajstić information content (AvgIpc) is 2.48. The van der Waals surface area contributed by atoms with Crippen molar-refractivity contribution in [2.75, 3.05) is 0 Å². The normalized spacial score (nSPS) is 12.0. The van der Waals surface area contributed by atoms with E-state index >= 15 is 0 Å². The van der Waals surface area contributed by atoms with Gasteiger partial charge in [-0.05, 0) is 42.5 Å². The highest BCUT2D eigenvalue weighted by Crippen LogP contribution is 2.35. The van der Waals surface area contributed by atoms with Crippen LogP contribution >= 0.6 is 12.2 Å². The van der Waals surface area contributed by atoms with Crippen LogP contribution in [-0.4, -0.2) is 4.99 Å². The van der Waals surface area contributed by atoms with E-state index in [4.69, 9.17) is 22.7 Å². The number of thiocarbonyl (C=S) groups is 1. The predicted octanol–water partition coefficient (Wildman–Crippen LogP) is 4.94. The van der Waals surface area contributed by atoms with Gasteiger partial charge in [0, 0.05) is 0 Å². The summed E-state index contributed by atoms with van der Waals surface area (Å²) in [7, 11) is 0. The summed E-state index contributed by atoms with van der Waals surface area (Å²) in [6.07, 6.45) is 1.07. The molecule has 0 fully saturated rings. The molecule has 0 radical (unpaired) electrons. The lowest BCUT2D eigenvalue weighted by Gasteiger charge is -2.18. The van der Waals surface area contributed by atoms with E-state index < -0.39 is 0 Å². The van der Waals surface area contributed by atoms with E-state index in [1.54, 1.807) is 0 Å². The number of hydrogen-bond acceptors (Lipinski definition) is 2. The zero-order valence-corrected chi connectivity index (χ0v) is 13.5. The third-order valence-electron chi connectivity index (χ3n) is 3.75. The van der Waals surface area contributed by atoms with Gasteiger partial charge in [-0.2, -0.15) is 0 Å². The Balaban J connectivity index is 2.46. The Hall–Kier alpha value is -1.87. The number of para-hydroxylation sites is 2. The van der Waals surface area contributed by atoms with Gasteiger partial charge in [-0.1, -0.05) is 56.4 Å². The molecule has 110 valence electrons. The van der Waals surface area contributed by atoms with E-state index in [2.05, 4.69) is 19.9 Å². The zero-order valence-electron chi connectivity index (χ0n) is 12.7. The first kappa shape index (κ1) is 15.5. The summed E-state index contributed by atoms with van der Waals surface area (Å²) in [4.78, 5) is 0.356.